The quantitative estimate of drug-likeness (QED) is 0.813. The number of nitrogens with two attached hydrogens (primary N) is 1. The number of nitrogens with one attached hydrogen (secondary N) is 1. The van der Waals surface area contributed by atoms with Crippen molar-refractivity contribution in [3.8, 4) is 0 Å². The first-order valence-electron chi connectivity index (χ1n) is 7.13. The van der Waals surface area contributed by atoms with Crippen LogP contribution in [0.3, 0.4) is 0 Å². The van der Waals surface area contributed by atoms with Gasteiger partial charge in [0, 0.05) is 24.6 Å². The van der Waals surface area contributed by atoms with Crippen LogP contribution in [0.5, 0.6) is 0 Å². The summed E-state index contributed by atoms with van der Waals surface area (Å²) in [6, 6.07) is 14.1. The lowest BCUT2D eigenvalue weighted by Crippen LogP contribution is -2.24. The number of hydrogen-bond donors (Lipinski definition) is 2. The highest BCUT2D eigenvalue weighted by Gasteiger charge is 2.26. The minimum Gasteiger partial charge on any atom is -0.399 e. The molecule has 108 valence electrons. The molecule has 0 radical (unpaired) electrons. The van der Waals surface area contributed by atoms with Gasteiger partial charge < -0.3 is 11.1 Å². The van der Waals surface area contributed by atoms with Crippen molar-refractivity contribution in [2.75, 3.05) is 17.6 Å². The largest absolute Gasteiger partial charge is 0.399 e. The fourth-order valence-electron chi connectivity index (χ4n) is 2.78. The first kappa shape index (κ1) is 14.0. The third kappa shape index (κ3) is 2.74. The molecule has 3 N–H and O–H groups in total. The van der Waals surface area contributed by atoms with Gasteiger partial charge in [-0.25, -0.2) is 0 Å². The second-order valence-electron chi connectivity index (χ2n) is 5.17. The Kier molecular flexibility index (Phi) is 3.84. The topological polar surface area (TPSA) is 50.4 Å². The van der Waals surface area contributed by atoms with Crippen LogP contribution in [-0.4, -0.2) is 12.4 Å². The summed E-state index contributed by atoms with van der Waals surface area (Å²) in [5, 5.41) is 4.10. The van der Waals surface area contributed by atoms with Crippen LogP contribution >= 0.6 is 11.6 Å². The third-order valence-electron chi connectivity index (χ3n) is 3.78. The number of para-hydroxylation sites is 1. The van der Waals surface area contributed by atoms with E-state index in [0.717, 1.165) is 35.2 Å². The molecule has 1 atom stereocenters. The zero-order valence-corrected chi connectivity index (χ0v) is 12.7. The molecule has 1 aliphatic heterocycles. The Morgan fingerprint density at radius 3 is 2.71 bits per heavy atom. The molecule has 1 unspecified atom stereocenters. The molecule has 3 nitrogen and oxygen atoms in total. The molecule has 0 spiro atoms. The SMILES string of the molecule is CCN=C1CC(c2ccc(N)cc2)c2cccc(Cl)c2N1. The van der Waals surface area contributed by atoms with Gasteiger partial charge in [0.2, 0.25) is 0 Å². The van der Waals surface area contributed by atoms with Crippen LogP contribution in [0.4, 0.5) is 11.4 Å². The molecule has 0 amide bonds. The van der Waals surface area contributed by atoms with Crippen LogP contribution in [0.15, 0.2) is 47.5 Å². The molecule has 2 aromatic rings. The summed E-state index contributed by atoms with van der Waals surface area (Å²) in [5.74, 6) is 1.24. The lowest BCUT2D eigenvalue weighted by Gasteiger charge is -2.29. The standard InChI is InChI=1S/C17H18ClN3/c1-2-20-16-10-14(11-6-8-12(19)9-7-11)13-4-3-5-15(18)17(13)21-16/h3-9,14H,2,10,19H2,1H3,(H,20,21). The average molecular weight is 300 g/mol. The van der Waals surface area contributed by atoms with Crippen molar-refractivity contribution in [3.05, 3.63) is 58.6 Å². The highest BCUT2D eigenvalue weighted by atomic mass is 35.5. The van der Waals surface area contributed by atoms with E-state index >= 15 is 0 Å². The minimum absolute atomic E-state index is 0.255. The van der Waals surface area contributed by atoms with Crippen LogP contribution in [0.25, 0.3) is 0 Å². The fraction of sp³-hybridized carbons (Fsp3) is 0.235. The molecule has 0 aromatic heterocycles. The van der Waals surface area contributed by atoms with Gasteiger partial charge in [0.1, 0.15) is 5.84 Å². The Bertz CT molecular complexity index is 677. The van der Waals surface area contributed by atoms with Crippen molar-refractivity contribution in [2.24, 2.45) is 4.99 Å². The van der Waals surface area contributed by atoms with Crippen molar-refractivity contribution >= 4 is 28.8 Å². The molecule has 0 aliphatic carbocycles. The zero-order chi connectivity index (χ0) is 14.8. The third-order valence-corrected chi connectivity index (χ3v) is 4.09. The Labute approximate surface area is 129 Å². The monoisotopic (exact) mass is 299 g/mol. The normalized spacial score (nSPS) is 19.1. The number of rotatable bonds is 2. The maximum Gasteiger partial charge on any atom is 0.102 e. The molecule has 0 saturated carbocycles. The maximum atomic E-state index is 6.35. The lowest BCUT2D eigenvalue weighted by atomic mass is 9.84. The molecule has 1 aliphatic rings. The number of nitrogens with zero attached hydrogens (tertiary/aromatic N) is 1. The van der Waals surface area contributed by atoms with Gasteiger partial charge in [0.05, 0.1) is 10.7 Å². The van der Waals surface area contributed by atoms with Gasteiger partial charge in [-0.2, -0.15) is 0 Å². The Balaban J connectivity index is 2.09. The number of aliphatic imine (C=N–C) groups is 1. The Morgan fingerprint density at radius 2 is 2.00 bits per heavy atom. The summed E-state index contributed by atoms with van der Waals surface area (Å²) in [6.45, 7) is 2.80. The van der Waals surface area contributed by atoms with Crippen LogP contribution in [-0.2, 0) is 0 Å². The molecule has 0 fully saturated rings. The van der Waals surface area contributed by atoms with Crippen LogP contribution in [0.1, 0.15) is 30.4 Å². The van der Waals surface area contributed by atoms with Crippen molar-refractivity contribution in [1.82, 2.24) is 0 Å². The van der Waals surface area contributed by atoms with E-state index in [-0.39, 0.29) is 5.92 Å². The van der Waals surface area contributed by atoms with Crippen molar-refractivity contribution < 1.29 is 0 Å². The van der Waals surface area contributed by atoms with Crippen molar-refractivity contribution in [2.45, 2.75) is 19.3 Å². The maximum absolute atomic E-state index is 6.35. The van der Waals surface area contributed by atoms with Gasteiger partial charge in [-0.1, -0.05) is 35.9 Å². The summed E-state index contributed by atoms with van der Waals surface area (Å²) in [7, 11) is 0. The second kappa shape index (κ2) is 5.78. The summed E-state index contributed by atoms with van der Waals surface area (Å²) < 4.78 is 0. The molecule has 0 bridgehead atoms. The van der Waals surface area contributed by atoms with E-state index in [9.17, 15) is 0 Å². The number of fused-ring (bicyclic) bond motifs is 1. The summed E-state index contributed by atoms with van der Waals surface area (Å²) in [4.78, 5) is 4.54. The van der Waals surface area contributed by atoms with Gasteiger partial charge in [-0.3, -0.25) is 4.99 Å². The first-order chi connectivity index (χ1) is 10.2. The number of amidine groups is 1. The average Bonchev–Trinajstić information content (AvgIpc) is 2.49. The minimum atomic E-state index is 0.255. The number of halogens is 1. The fourth-order valence-corrected chi connectivity index (χ4v) is 3.01. The predicted octanol–water partition coefficient (Wildman–Crippen LogP) is 4.29. The highest BCUT2D eigenvalue weighted by molar-refractivity contribution is 6.34. The van der Waals surface area contributed by atoms with E-state index in [1.165, 1.54) is 11.1 Å². The van der Waals surface area contributed by atoms with Gasteiger partial charge in [-0.05, 0) is 36.2 Å². The van der Waals surface area contributed by atoms with Gasteiger partial charge in [-0.15, -0.1) is 0 Å². The van der Waals surface area contributed by atoms with Gasteiger partial charge in [0.25, 0.3) is 0 Å². The molecule has 0 saturated heterocycles. The molecule has 2 aromatic carbocycles. The van der Waals surface area contributed by atoms with E-state index in [2.05, 4.69) is 28.5 Å². The highest BCUT2D eigenvalue weighted by Crippen LogP contribution is 2.40. The lowest BCUT2D eigenvalue weighted by molar-refractivity contribution is 0.835. The Morgan fingerprint density at radius 1 is 1.24 bits per heavy atom. The summed E-state index contributed by atoms with van der Waals surface area (Å²) >= 11 is 6.35. The van der Waals surface area contributed by atoms with E-state index in [0.29, 0.717) is 0 Å². The second-order valence-corrected chi connectivity index (χ2v) is 5.58. The molecular weight excluding hydrogens is 282 g/mol. The van der Waals surface area contributed by atoms with Gasteiger partial charge in [0.15, 0.2) is 0 Å². The smallest absolute Gasteiger partial charge is 0.102 e. The molecule has 3 rings (SSSR count). The van der Waals surface area contributed by atoms with Crippen LogP contribution < -0.4 is 11.1 Å². The van der Waals surface area contributed by atoms with E-state index < -0.39 is 0 Å². The van der Waals surface area contributed by atoms with E-state index in [4.69, 9.17) is 17.3 Å². The van der Waals surface area contributed by atoms with Crippen molar-refractivity contribution in [1.29, 1.82) is 0 Å². The number of hydrogen-bond acceptors (Lipinski definition) is 2. The van der Waals surface area contributed by atoms with Crippen LogP contribution in [0, 0.1) is 0 Å². The van der Waals surface area contributed by atoms with Crippen LogP contribution in [0.2, 0.25) is 5.02 Å². The predicted molar refractivity (Wildman–Crippen MR) is 90.4 cm³/mol. The van der Waals surface area contributed by atoms with E-state index in [1.807, 2.05) is 31.2 Å². The number of nitrogen functional groups attached to an aromatic ring is 1. The number of anilines is 2. The molecule has 4 heteroatoms. The molecule has 21 heavy (non-hydrogen) atoms. The molecular formula is C17H18ClN3. The first-order valence-corrected chi connectivity index (χ1v) is 7.51. The Hall–Kier alpha value is -2.00. The van der Waals surface area contributed by atoms with E-state index in [1.54, 1.807) is 0 Å². The summed E-state index contributed by atoms with van der Waals surface area (Å²) in [6.07, 6.45) is 0.852. The molecule has 1 heterocycles. The van der Waals surface area contributed by atoms with Gasteiger partial charge >= 0.3 is 0 Å². The zero-order valence-electron chi connectivity index (χ0n) is 11.9. The summed E-state index contributed by atoms with van der Waals surface area (Å²) in [5.41, 5.74) is 9.99. The number of benzene rings is 2. The van der Waals surface area contributed by atoms with Crippen molar-refractivity contribution in [3.63, 3.8) is 0 Å².